The maximum Gasteiger partial charge on any atom is 0.248 e. The van der Waals surface area contributed by atoms with Crippen LogP contribution in [0.5, 0.6) is 5.75 Å². The van der Waals surface area contributed by atoms with Crippen molar-refractivity contribution in [3.05, 3.63) is 49.6 Å². The van der Waals surface area contributed by atoms with Crippen molar-refractivity contribution in [1.82, 2.24) is 9.80 Å². The summed E-state index contributed by atoms with van der Waals surface area (Å²) < 4.78 is 12.6. The molecule has 9 nitrogen and oxygen atoms in total. The van der Waals surface area contributed by atoms with Gasteiger partial charge in [-0.2, -0.15) is 0 Å². The lowest BCUT2D eigenvalue weighted by atomic mass is 9.64. The molecule has 1 aromatic rings. The fourth-order valence-electron chi connectivity index (χ4n) is 8.49. The summed E-state index contributed by atoms with van der Waals surface area (Å²) in [5.74, 6) is -1.58. The van der Waals surface area contributed by atoms with Crippen LogP contribution in [0.25, 0.3) is 0 Å². The Bertz CT molecular complexity index is 1250. The van der Waals surface area contributed by atoms with Gasteiger partial charge in [-0.05, 0) is 70.2 Å². The van der Waals surface area contributed by atoms with Gasteiger partial charge in [0.2, 0.25) is 17.7 Å². The van der Waals surface area contributed by atoms with Gasteiger partial charge in [0, 0.05) is 24.8 Å². The predicted octanol–water partition coefficient (Wildman–Crippen LogP) is 4.49. The molecule has 1 aliphatic carbocycles. The topological polar surface area (TPSA) is 99.6 Å². The molecule has 1 saturated carbocycles. The van der Waals surface area contributed by atoms with Crippen molar-refractivity contribution in [2.24, 2.45) is 11.8 Å². The minimum Gasteiger partial charge on any atom is -0.494 e. The SMILES string of the molecule is C=CCN(C(=O)[C@@H]1[C@H]2C(=O)N([C@H](C)CO)C(C(=O)N(CC=C)C3CCCCC3)C23CC[C@@]1(CC)O3)c1ccc(OCC)cc1. The van der Waals surface area contributed by atoms with E-state index in [2.05, 4.69) is 13.2 Å². The third kappa shape index (κ3) is 5.15. The van der Waals surface area contributed by atoms with E-state index in [-0.39, 0.29) is 36.9 Å². The Morgan fingerprint density at radius 1 is 1.09 bits per heavy atom. The van der Waals surface area contributed by atoms with E-state index in [0.717, 1.165) is 32.1 Å². The quantitative estimate of drug-likeness (QED) is 0.332. The summed E-state index contributed by atoms with van der Waals surface area (Å²) in [7, 11) is 0. The van der Waals surface area contributed by atoms with Crippen LogP contribution in [0.3, 0.4) is 0 Å². The Morgan fingerprint density at radius 3 is 2.36 bits per heavy atom. The molecular weight excluding hydrogens is 558 g/mol. The summed E-state index contributed by atoms with van der Waals surface area (Å²) in [6, 6.07) is 5.87. The first-order valence-corrected chi connectivity index (χ1v) is 16.4. The number of benzene rings is 1. The van der Waals surface area contributed by atoms with E-state index in [9.17, 15) is 19.5 Å². The van der Waals surface area contributed by atoms with Crippen molar-refractivity contribution >= 4 is 23.4 Å². The smallest absolute Gasteiger partial charge is 0.248 e. The van der Waals surface area contributed by atoms with Crippen molar-refractivity contribution in [3.63, 3.8) is 0 Å². The van der Waals surface area contributed by atoms with E-state index in [0.29, 0.717) is 43.9 Å². The molecule has 5 rings (SSSR count). The number of aliphatic hydroxyl groups is 1. The molecule has 0 radical (unpaired) electrons. The fourth-order valence-corrected chi connectivity index (χ4v) is 8.49. The number of nitrogens with zero attached hydrogens (tertiary/aromatic N) is 3. The Kier molecular flexibility index (Phi) is 9.56. The molecular formula is C35H49N3O6. The lowest BCUT2D eigenvalue weighted by Gasteiger charge is -2.42. The first kappa shape index (κ1) is 32.2. The number of likely N-dealkylation sites (tertiary alicyclic amines) is 1. The van der Waals surface area contributed by atoms with E-state index in [1.165, 1.54) is 0 Å². The number of ether oxygens (including phenoxy) is 2. The van der Waals surface area contributed by atoms with Crippen LogP contribution >= 0.6 is 0 Å². The maximum absolute atomic E-state index is 14.8. The number of hydrogen-bond acceptors (Lipinski definition) is 6. The van der Waals surface area contributed by atoms with Crippen LogP contribution in [0.4, 0.5) is 5.69 Å². The highest BCUT2D eigenvalue weighted by molar-refractivity contribution is 6.03. The third-order valence-electron chi connectivity index (χ3n) is 10.5. The number of amides is 3. The third-order valence-corrected chi connectivity index (χ3v) is 10.5. The standard InChI is InChI=1S/C35H49N3O6/c1-6-21-36(26-15-17-27(18-16-26)43-9-4)31(40)28-29-32(41)38(24(5)23-39)30(35(29)20-19-34(28,8-3)44-35)33(42)37(22-7-2)25-13-11-10-12-14-25/h6-7,15-18,24-25,28-30,39H,1-2,8-14,19-23H2,3-5H3/t24-,28+,29+,30?,34-,35?/m1/s1. The molecule has 6 atom stereocenters. The Hall–Kier alpha value is -3.17. The van der Waals surface area contributed by atoms with Crippen LogP contribution in [-0.4, -0.2) is 88.3 Å². The number of rotatable bonds is 13. The zero-order chi connectivity index (χ0) is 31.6. The fraction of sp³-hybridized carbons (Fsp3) is 0.629. The molecule has 9 heteroatoms. The van der Waals surface area contributed by atoms with Crippen molar-refractivity contribution in [1.29, 1.82) is 0 Å². The van der Waals surface area contributed by atoms with Crippen LogP contribution in [0.2, 0.25) is 0 Å². The molecule has 4 aliphatic rings. The van der Waals surface area contributed by atoms with Crippen LogP contribution in [0.15, 0.2) is 49.6 Å². The predicted molar refractivity (Wildman–Crippen MR) is 169 cm³/mol. The average molecular weight is 608 g/mol. The van der Waals surface area contributed by atoms with Crippen LogP contribution in [0.1, 0.15) is 72.1 Å². The van der Waals surface area contributed by atoms with Gasteiger partial charge in [-0.15, -0.1) is 13.2 Å². The molecule has 1 spiro atoms. The highest BCUT2D eigenvalue weighted by atomic mass is 16.5. The molecule has 1 aromatic carbocycles. The van der Waals surface area contributed by atoms with E-state index >= 15 is 0 Å². The van der Waals surface area contributed by atoms with Crippen molar-refractivity contribution in [2.45, 2.75) is 101 Å². The van der Waals surface area contributed by atoms with Gasteiger partial charge in [0.25, 0.3) is 0 Å². The first-order valence-electron chi connectivity index (χ1n) is 16.4. The molecule has 240 valence electrons. The molecule has 3 amide bonds. The van der Waals surface area contributed by atoms with Crippen molar-refractivity contribution in [3.8, 4) is 5.75 Å². The van der Waals surface area contributed by atoms with Crippen molar-refractivity contribution < 1.29 is 29.0 Å². The summed E-state index contributed by atoms with van der Waals surface area (Å²) in [5.41, 5.74) is -1.35. The van der Waals surface area contributed by atoms with Crippen molar-refractivity contribution in [2.75, 3.05) is 31.2 Å². The first-order chi connectivity index (χ1) is 21.2. The van der Waals surface area contributed by atoms with E-state index in [1.54, 1.807) is 28.9 Å². The zero-order valence-electron chi connectivity index (χ0n) is 26.6. The lowest BCUT2D eigenvalue weighted by molar-refractivity contribution is -0.157. The number of carbonyl (C=O) groups excluding carboxylic acids is 3. The van der Waals surface area contributed by atoms with Crippen LogP contribution in [0, 0.1) is 11.8 Å². The van der Waals surface area contributed by atoms with E-state index in [1.807, 2.05) is 43.0 Å². The van der Waals surface area contributed by atoms with E-state index < -0.39 is 35.1 Å². The normalized spacial score (nSPS) is 30.1. The lowest BCUT2D eigenvalue weighted by Crippen LogP contribution is -2.60. The van der Waals surface area contributed by atoms with Gasteiger partial charge < -0.3 is 29.3 Å². The largest absolute Gasteiger partial charge is 0.494 e. The molecule has 3 aliphatic heterocycles. The summed E-state index contributed by atoms with van der Waals surface area (Å²) in [6.07, 6.45) is 10.1. The highest BCUT2D eigenvalue weighted by Gasteiger charge is 2.79. The molecule has 0 aromatic heterocycles. The Morgan fingerprint density at radius 2 is 1.77 bits per heavy atom. The van der Waals surface area contributed by atoms with E-state index in [4.69, 9.17) is 9.47 Å². The highest BCUT2D eigenvalue weighted by Crippen LogP contribution is 2.65. The summed E-state index contributed by atoms with van der Waals surface area (Å²) in [6.45, 7) is 14.4. The van der Waals surface area contributed by atoms with Gasteiger partial charge in [-0.25, -0.2) is 0 Å². The molecule has 3 saturated heterocycles. The maximum atomic E-state index is 14.8. The number of carbonyl (C=O) groups is 3. The molecule has 4 fully saturated rings. The van der Waals surface area contributed by atoms with Crippen LogP contribution < -0.4 is 9.64 Å². The molecule has 2 unspecified atom stereocenters. The van der Waals surface area contributed by atoms with Gasteiger partial charge in [-0.1, -0.05) is 38.3 Å². The zero-order valence-corrected chi connectivity index (χ0v) is 26.6. The molecule has 2 bridgehead atoms. The molecule has 44 heavy (non-hydrogen) atoms. The van der Waals surface area contributed by atoms with Gasteiger partial charge in [0.05, 0.1) is 36.7 Å². The van der Waals surface area contributed by atoms with Crippen LogP contribution in [-0.2, 0) is 19.1 Å². The summed E-state index contributed by atoms with van der Waals surface area (Å²) >= 11 is 0. The summed E-state index contributed by atoms with van der Waals surface area (Å²) in [5, 5.41) is 10.3. The average Bonchev–Trinajstić information content (AvgIpc) is 3.66. The second kappa shape index (κ2) is 13.1. The Labute approximate surface area is 261 Å². The second-order valence-electron chi connectivity index (χ2n) is 12.8. The van der Waals surface area contributed by atoms with Gasteiger partial charge in [0.15, 0.2) is 0 Å². The minimum atomic E-state index is -1.15. The number of anilines is 1. The number of fused-ring (bicyclic) bond motifs is 1. The van der Waals surface area contributed by atoms with Gasteiger partial charge in [-0.3, -0.25) is 14.4 Å². The minimum absolute atomic E-state index is 0.0602. The Balaban J connectivity index is 1.57. The van der Waals surface area contributed by atoms with Gasteiger partial charge >= 0.3 is 0 Å². The second-order valence-corrected chi connectivity index (χ2v) is 12.8. The molecule has 1 N–H and O–H groups in total. The summed E-state index contributed by atoms with van der Waals surface area (Å²) in [4.78, 5) is 49.2. The van der Waals surface area contributed by atoms with Gasteiger partial charge in [0.1, 0.15) is 17.4 Å². The molecule has 3 heterocycles. The number of hydrogen-bond donors (Lipinski definition) is 1. The monoisotopic (exact) mass is 607 g/mol. The number of aliphatic hydroxyl groups excluding tert-OH is 1.